The molecule has 0 atom stereocenters. The van der Waals surface area contributed by atoms with Gasteiger partial charge in [0.2, 0.25) is 5.91 Å². The number of nitrogens with zero attached hydrogens (tertiary/aromatic N) is 1. The van der Waals surface area contributed by atoms with E-state index in [4.69, 9.17) is 0 Å². The normalized spacial score (nSPS) is 11.7. The Labute approximate surface area is 145 Å². The van der Waals surface area contributed by atoms with Gasteiger partial charge in [0, 0.05) is 19.4 Å². The van der Waals surface area contributed by atoms with E-state index in [-0.39, 0.29) is 5.91 Å². The number of rotatable bonds is 16. The van der Waals surface area contributed by atoms with Gasteiger partial charge in [-0.05, 0) is 6.42 Å². The predicted octanol–water partition coefficient (Wildman–Crippen LogP) is 4.90. The summed E-state index contributed by atoms with van der Waals surface area (Å²) in [5, 5.41) is 3.04. The maximum Gasteiger partial charge on any atom is 0.219 e. The van der Waals surface area contributed by atoms with Crippen LogP contribution in [0.25, 0.3) is 0 Å². The molecule has 0 aromatic rings. The van der Waals surface area contributed by atoms with E-state index in [2.05, 4.69) is 33.4 Å². The minimum Gasteiger partial charge on any atom is -0.356 e. The molecule has 0 bridgehead atoms. The van der Waals surface area contributed by atoms with Gasteiger partial charge in [-0.3, -0.25) is 4.79 Å². The summed E-state index contributed by atoms with van der Waals surface area (Å²) in [6.45, 7) is 4.20. The zero-order valence-corrected chi connectivity index (χ0v) is 16.5. The third-order valence-corrected chi connectivity index (χ3v) is 4.34. The molecule has 0 unspecified atom stereocenters. The van der Waals surface area contributed by atoms with E-state index in [1.807, 2.05) is 0 Å². The van der Waals surface area contributed by atoms with Crippen LogP contribution in [0.4, 0.5) is 0 Å². The smallest absolute Gasteiger partial charge is 0.219 e. The van der Waals surface area contributed by atoms with Gasteiger partial charge >= 0.3 is 0 Å². The van der Waals surface area contributed by atoms with E-state index in [9.17, 15) is 4.79 Å². The molecule has 0 aliphatic rings. The van der Waals surface area contributed by atoms with Crippen LogP contribution in [-0.4, -0.2) is 44.6 Å². The number of hydrogen-bond acceptors (Lipinski definition) is 1. The van der Waals surface area contributed by atoms with Crippen molar-refractivity contribution in [1.82, 2.24) is 5.32 Å². The van der Waals surface area contributed by atoms with Crippen molar-refractivity contribution in [2.24, 2.45) is 0 Å². The molecule has 1 N–H and O–H groups in total. The molecule has 0 saturated carbocycles. The van der Waals surface area contributed by atoms with Crippen LogP contribution in [0.15, 0.2) is 0 Å². The minimum absolute atomic E-state index is 0.238. The van der Waals surface area contributed by atoms with Crippen molar-refractivity contribution in [2.45, 2.75) is 90.4 Å². The summed E-state index contributed by atoms with van der Waals surface area (Å²) in [6, 6.07) is 0. The molecule has 3 heteroatoms. The number of amides is 1. The fraction of sp³-hybridized carbons (Fsp3) is 0.950. The molecule has 0 saturated heterocycles. The van der Waals surface area contributed by atoms with Gasteiger partial charge in [0.25, 0.3) is 0 Å². The zero-order chi connectivity index (χ0) is 17.4. The summed E-state index contributed by atoms with van der Waals surface area (Å²) >= 11 is 0. The van der Waals surface area contributed by atoms with Crippen LogP contribution < -0.4 is 5.32 Å². The van der Waals surface area contributed by atoms with Gasteiger partial charge in [-0.25, -0.2) is 0 Å². The lowest BCUT2D eigenvalue weighted by atomic mass is 10.1. The van der Waals surface area contributed by atoms with Gasteiger partial charge in [-0.2, -0.15) is 0 Å². The summed E-state index contributed by atoms with van der Waals surface area (Å²) in [5.41, 5.74) is 0. The third-order valence-electron chi connectivity index (χ3n) is 4.34. The Kier molecular flexibility index (Phi) is 14.6. The quantitative estimate of drug-likeness (QED) is 0.317. The fourth-order valence-electron chi connectivity index (χ4n) is 2.82. The lowest BCUT2D eigenvalue weighted by Gasteiger charge is -2.23. The molecule has 23 heavy (non-hydrogen) atoms. The van der Waals surface area contributed by atoms with Crippen molar-refractivity contribution in [1.29, 1.82) is 0 Å². The Morgan fingerprint density at radius 3 is 1.70 bits per heavy atom. The van der Waals surface area contributed by atoms with Crippen LogP contribution in [0, 0.1) is 0 Å². The van der Waals surface area contributed by atoms with Crippen molar-refractivity contribution in [3.63, 3.8) is 0 Å². The van der Waals surface area contributed by atoms with Gasteiger partial charge in [0.15, 0.2) is 0 Å². The Morgan fingerprint density at radius 2 is 1.22 bits per heavy atom. The number of unbranched alkanes of at least 4 members (excludes halogenated alkanes) is 10. The molecule has 0 radical (unpaired) electrons. The molecule has 0 aliphatic heterocycles. The molecule has 0 aromatic carbocycles. The number of nitrogens with one attached hydrogen (secondary N) is 1. The highest BCUT2D eigenvalue weighted by molar-refractivity contribution is 5.75. The summed E-state index contributed by atoms with van der Waals surface area (Å²) < 4.78 is 0.967. The molecular formula is C20H43N2O+. The van der Waals surface area contributed by atoms with Gasteiger partial charge in [-0.1, -0.05) is 71.1 Å². The first-order chi connectivity index (χ1) is 11.0. The lowest BCUT2D eigenvalue weighted by molar-refractivity contribution is -0.870. The summed E-state index contributed by atoms with van der Waals surface area (Å²) in [4.78, 5) is 11.7. The SMILES string of the molecule is CCCCCCCCCCCCCC(=O)NCCC[N+](C)(C)C. The molecular weight excluding hydrogens is 284 g/mol. The first-order valence-electron chi connectivity index (χ1n) is 10.0. The molecule has 0 aliphatic carbocycles. The van der Waals surface area contributed by atoms with Gasteiger partial charge in [0.05, 0.1) is 27.7 Å². The van der Waals surface area contributed by atoms with Crippen molar-refractivity contribution in [3.05, 3.63) is 0 Å². The van der Waals surface area contributed by atoms with E-state index in [1.165, 1.54) is 64.2 Å². The molecule has 0 heterocycles. The van der Waals surface area contributed by atoms with E-state index in [0.29, 0.717) is 6.42 Å². The molecule has 1 amide bonds. The zero-order valence-electron chi connectivity index (χ0n) is 16.5. The second-order valence-corrected chi connectivity index (χ2v) is 8.00. The van der Waals surface area contributed by atoms with Crippen molar-refractivity contribution >= 4 is 5.91 Å². The van der Waals surface area contributed by atoms with Crippen LogP contribution in [0.2, 0.25) is 0 Å². The Morgan fingerprint density at radius 1 is 0.739 bits per heavy atom. The maximum atomic E-state index is 11.7. The average Bonchev–Trinajstić information content (AvgIpc) is 2.48. The van der Waals surface area contributed by atoms with E-state index in [1.54, 1.807) is 0 Å². The monoisotopic (exact) mass is 327 g/mol. The maximum absolute atomic E-state index is 11.7. The van der Waals surface area contributed by atoms with Gasteiger partial charge < -0.3 is 9.80 Å². The summed E-state index contributed by atoms with van der Waals surface area (Å²) in [6.07, 6.45) is 16.4. The second kappa shape index (κ2) is 15.0. The summed E-state index contributed by atoms with van der Waals surface area (Å²) in [5.74, 6) is 0.238. The van der Waals surface area contributed by atoms with Crippen LogP contribution in [0.3, 0.4) is 0 Å². The molecule has 138 valence electrons. The summed E-state index contributed by atoms with van der Waals surface area (Å²) in [7, 11) is 6.56. The van der Waals surface area contributed by atoms with E-state index >= 15 is 0 Å². The average molecular weight is 328 g/mol. The van der Waals surface area contributed by atoms with Crippen LogP contribution in [0.1, 0.15) is 90.4 Å². The highest BCUT2D eigenvalue weighted by Crippen LogP contribution is 2.11. The molecule has 0 spiro atoms. The van der Waals surface area contributed by atoms with E-state index < -0.39 is 0 Å². The van der Waals surface area contributed by atoms with Gasteiger partial charge in [-0.15, -0.1) is 0 Å². The van der Waals surface area contributed by atoms with Gasteiger partial charge in [0.1, 0.15) is 0 Å². The Hall–Kier alpha value is -0.570. The molecule has 0 aromatic heterocycles. The minimum atomic E-state index is 0.238. The number of carbonyl (C=O) groups is 1. The van der Waals surface area contributed by atoms with Crippen molar-refractivity contribution in [3.8, 4) is 0 Å². The van der Waals surface area contributed by atoms with Crippen LogP contribution >= 0.6 is 0 Å². The Balaban J connectivity index is 3.20. The highest BCUT2D eigenvalue weighted by Gasteiger charge is 2.06. The van der Waals surface area contributed by atoms with E-state index in [0.717, 1.165) is 30.4 Å². The lowest BCUT2D eigenvalue weighted by Crippen LogP contribution is -2.37. The number of quaternary nitrogens is 1. The molecule has 0 fully saturated rings. The molecule has 0 rings (SSSR count). The van der Waals surface area contributed by atoms with Crippen LogP contribution in [-0.2, 0) is 4.79 Å². The topological polar surface area (TPSA) is 29.1 Å². The standard InChI is InChI=1S/C20H42N2O/c1-5-6-7-8-9-10-11-12-13-14-15-17-20(23)21-18-16-19-22(2,3)4/h5-19H2,1-4H3/p+1. The van der Waals surface area contributed by atoms with Crippen molar-refractivity contribution < 1.29 is 9.28 Å². The fourth-order valence-corrected chi connectivity index (χ4v) is 2.82. The number of hydrogen-bond donors (Lipinski definition) is 1. The largest absolute Gasteiger partial charge is 0.356 e. The van der Waals surface area contributed by atoms with Crippen molar-refractivity contribution in [2.75, 3.05) is 34.2 Å². The molecule has 3 nitrogen and oxygen atoms in total. The Bertz CT molecular complexity index is 271. The van der Waals surface area contributed by atoms with Crippen LogP contribution in [0.5, 0.6) is 0 Å². The predicted molar refractivity (Wildman–Crippen MR) is 102 cm³/mol. The highest BCUT2D eigenvalue weighted by atomic mass is 16.1. The second-order valence-electron chi connectivity index (χ2n) is 8.00. The number of carbonyl (C=O) groups excluding carboxylic acids is 1. The third kappa shape index (κ3) is 19.4. The first kappa shape index (κ1) is 22.4. The first-order valence-corrected chi connectivity index (χ1v) is 10.0.